The predicted molar refractivity (Wildman–Crippen MR) is 99.0 cm³/mol. The number of hydrogen-bond acceptors (Lipinski definition) is 5. The number of carboxylic acid groups (broad SMARTS) is 1. The Labute approximate surface area is 158 Å². The van der Waals surface area contributed by atoms with E-state index in [1.807, 2.05) is 23.1 Å². The van der Waals surface area contributed by atoms with Gasteiger partial charge in [0.05, 0.1) is 12.3 Å². The summed E-state index contributed by atoms with van der Waals surface area (Å²) in [4.78, 5) is 20.4. The maximum absolute atomic E-state index is 13.9. The van der Waals surface area contributed by atoms with Gasteiger partial charge >= 0.3 is 5.97 Å². The zero-order chi connectivity index (χ0) is 19.2. The van der Waals surface area contributed by atoms with Crippen molar-refractivity contribution in [2.24, 2.45) is 0 Å². The Kier molecular flexibility index (Phi) is 6.36. The lowest BCUT2D eigenvalue weighted by Crippen LogP contribution is -2.48. The van der Waals surface area contributed by atoms with Crippen molar-refractivity contribution in [3.05, 3.63) is 59.7 Å². The SMILES string of the molecule is CCOc1cc(F)cc([C@H](C(=O)O)N2CCN(Cc3ccccn3)CC2)c1. The average Bonchev–Trinajstić information content (AvgIpc) is 2.64. The zero-order valence-corrected chi connectivity index (χ0v) is 15.3. The molecule has 144 valence electrons. The van der Waals surface area contributed by atoms with Crippen LogP contribution in [-0.2, 0) is 11.3 Å². The molecule has 7 heteroatoms. The van der Waals surface area contributed by atoms with Gasteiger partial charge in [-0.1, -0.05) is 6.07 Å². The molecule has 2 heterocycles. The molecule has 1 N–H and O–H groups in total. The maximum atomic E-state index is 13.9. The summed E-state index contributed by atoms with van der Waals surface area (Å²) in [6.07, 6.45) is 1.77. The molecular formula is C20H24FN3O3. The number of piperazine rings is 1. The van der Waals surface area contributed by atoms with Gasteiger partial charge in [-0.15, -0.1) is 0 Å². The van der Waals surface area contributed by atoms with Crippen LogP contribution in [0.5, 0.6) is 5.75 Å². The minimum atomic E-state index is -0.985. The molecule has 1 aliphatic rings. The Hall–Kier alpha value is -2.51. The van der Waals surface area contributed by atoms with Crippen molar-refractivity contribution >= 4 is 5.97 Å². The Morgan fingerprint density at radius 2 is 2.04 bits per heavy atom. The lowest BCUT2D eigenvalue weighted by molar-refractivity contribution is -0.144. The fourth-order valence-corrected chi connectivity index (χ4v) is 3.40. The summed E-state index contributed by atoms with van der Waals surface area (Å²) in [6, 6.07) is 9.10. The summed E-state index contributed by atoms with van der Waals surface area (Å²) in [5, 5.41) is 9.76. The number of aromatic nitrogens is 1. The monoisotopic (exact) mass is 373 g/mol. The first kappa shape index (κ1) is 19.3. The number of carbonyl (C=O) groups is 1. The number of ether oxygens (including phenoxy) is 1. The minimum absolute atomic E-state index is 0.354. The standard InChI is InChI=1S/C20H24FN3O3/c1-2-27-18-12-15(11-16(21)13-18)19(20(25)26)24-9-7-23(8-10-24)14-17-5-3-4-6-22-17/h3-6,11-13,19H,2,7-10,14H2,1H3,(H,25,26)/t19-/m1/s1. The number of carboxylic acids is 1. The number of pyridine rings is 1. The van der Waals surface area contributed by atoms with E-state index < -0.39 is 17.8 Å². The largest absolute Gasteiger partial charge is 0.494 e. The van der Waals surface area contributed by atoms with Crippen LogP contribution in [0.25, 0.3) is 0 Å². The highest BCUT2D eigenvalue weighted by molar-refractivity contribution is 5.75. The zero-order valence-electron chi connectivity index (χ0n) is 15.3. The highest BCUT2D eigenvalue weighted by Gasteiger charge is 2.31. The van der Waals surface area contributed by atoms with E-state index in [0.29, 0.717) is 31.0 Å². The molecule has 0 saturated carbocycles. The third-order valence-electron chi connectivity index (χ3n) is 4.64. The highest BCUT2D eigenvalue weighted by atomic mass is 19.1. The smallest absolute Gasteiger partial charge is 0.325 e. The average molecular weight is 373 g/mol. The second kappa shape index (κ2) is 8.92. The topological polar surface area (TPSA) is 65.9 Å². The Morgan fingerprint density at radius 1 is 1.26 bits per heavy atom. The molecule has 1 aromatic carbocycles. The van der Waals surface area contributed by atoms with E-state index in [1.54, 1.807) is 19.2 Å². The molecule has 1 atom stereocenters. The fourth-order valence-electron chi connectivity index (χ4n) is 3.40. The van der Waals surface area contributed by atoms with Crippen molar-refractivity contribution in [3.8, 4) is 5.75 Å². The summed E-state index contributed by atoms with van der Waals surface area (Å²) in [5.74, 6) is -1.12. The summed E-state index contributed by atoms with van der Waals surface area (Å²) in [6.45, 7) is 5.57. The van der Waals surface area contributed by atoms with E-state index in [4.69, 9.17) is 4.74 Å². The quantitative estimate of drug-likeness (QED) is 0.805. The summed E-state index contributed by atoms with van der Waals surface area (Å²) < 4.78 is 19.3. The maximum Gasteiger partial charge on any atom is 0.325 e. The van der Waals surface area contributed by atoms with E-state index in [0.717, 1.165) is 25.3 Å². The van der Waals surface area contributed by atoms with Crippen LogP contribution >= 0.6 is 0 Å². The molecule has 1 aromatic heterocycles. The van der Waals surface area contributed by atoms with Crippen LogP contribution in [0.2, 0.25) is 0 Å². The van der Waals surface area contributed by atoms with E-state index in [1.165, 1.54) is 12.1 Å². The van der Waals surface area contributed by atoms with E-state index in [9.17, 15) is 14.3 Å². The van der Waals surface area contributed by atoms with Crippen molar-refractivity contribution < 1.29 is 19.0 Å². The molecule has 3 rings (SSSR count). The molecule has 0 spiro atoms. The summed E-state index contributed by atoms with van der Waals surface area (Å²) >= 11 is 0. The first-order chi connectivity index (χ1) is 13.1. The van der Waals surface area contributed by atoms with Gasteiger partial charge in [0.25, 0.3) is 0 Å². The normalized spacial score (nSPS) is 16.8. The van der Waals surface area contributed by atoms with Gasteiger partial charge in [0, 0.05) is 45.0 Å². The molecule has 0 unspecified atom stereocenters. The van der Waals surface area contributed by atoms with Crippen molar-refractivity contribution in [1.29, 1.82) is 0 Å². The van der Waals surface area contributed by atoms with E-state index >= 15 is 0 Å². The molecule has 27 heavy (non-hydrogen) atoms. The molecule has 0 bridgehead atoms. The van der Waals surface area contributed by atoms with Crippen LogP contribution in [0.1, 0.15) is 24.2 Å². The van der Waals surface area contributed by atoms with E-state index in [-0.39, 0.29) is 0 Å². The molecule has 6 nitrogen and oxygen atoms in total. The van der Waals surface area contributed by atoms with Gasteiger partial charge in [0.2, 0.25) is 0 Å². The van der Waals surface area contributed by atoms with Crippen LogP contribution in [0.3, 0.4) is 0 Å². The van der Waals surface area contributed by atoms with Gasteiger partial charge in [-0.2, -0.15) is 0 Å². The predicted octanol–water partition coefficient (Wildman–Crippen LogP) is 2.56. The van der Waals surface area contributed by atoms with Gasteiger partial charge in [-0.05, 0) is 36.8 Å². The Balaban J connectivity index is 1.69. The van der Waals surface area contributed by atoms with Gasteiger partial charge in [0.1, 0.15) is 17.6 Å². The first-order valence-corrected chi connectivity index (χ1v) is 9.09. The van der Waals surface area contributed by atoms with Gasteiger partial charge in [0.15, 0.2) is 0 Å². The van der Waals surface area contributed by atoms with Crippen LogP contribution in [0.4, 0.5) is 4.39 Å². The van der Waals surface area contributed by atoms with Crippen LogP contribution < -0.4 is 4.74 Å². The van der Waals surface area contributed by atoms with Crippen LogP contribution in [-0.4, -0.2) is 58.6 Å². The number of rotatable bonds is 7. The van der Waals surface area contributed by atoms with Crippen molar-refractivity contribution in [2.45, 2.75) is 19.5 Å². The van der Waals surface area contributed by atoms with Gasteiger partial charge in [-0.3, -0.25) is 19.6 Å². The van der Waals surface area contributed by atoms with Crippen LogP contribution in [0, 0.1) is 5.82 Å². The summed E-state index contributed by atoms with van der Waals surface area (Å²) in [7, 11) is 0. The number of nitrogens with zero attached hydrogens (tertiary/aromatic N) is 3. The number of aliphatic carboxylic acids is 1. The lowest BCUT2D eigenvalue weighted by atomic mass is 10.0. The molecule has 0 amide bonds. The molecular weight excluding hydrogens is 349 g/mol. The molecule has 1 fully saturated rings. The number of halogens is 1. The number of hydrogen-bond donors (Lipinski definition) is 1. The fraction of sp³-hybridized carbons (Fsp3) is 0.400. The number of benzene rings is 1. The summed E-state index contributed by atoms with van der Waals surface area (Å²) in [5.41, 5.74) is 1.40. The second-order valence-electron chi connectivity index (χ2n) is 6.53. The lowest BCUT2D eigenvalue weighted by Gasteiger charge is -2.37. The van der Waals surface area contributed by atoms with Crippen LogP contribution in [0.15, 0.2) is 42.6 Å². The van der Waals surface area contributed by atoms with E-state index in [2.05, 4.69) is 9.88 Å². The minimum Gasteiger partial charge on any atom is -0.494 e. The van der Waals surface area contributed by atoms with Crippen molar-refractivity contribution in [3.63, 3.8) is 0 Å². The Morgan fingerprint density at radius 3 is 2.67 bits per heavy atom. The van der Waals surface area contributed by atoms with Gasteiger partial charge in [-0.25, -0.2) is 4.39 Å². The molecule has 1 saturated heterocycles. The Bertz CT molecular complexity index is 764. The third-order valence-corrected chi connectivity index (χ3v) is 4.64. The highest BCUT2D eigenvalue weighted by Crippen LogP contribution is 2.27. The van der Waals surface area contributed by atoms with Crippen molar-refractivity contribution in [2.75, 3.05) is 32.8 Å². The molecule has 0 aliphatic carbocycles. The van der Waals surface area contributed by atoms with Gasteiger partial charge < -0.3 is 9.84 Å². The second-order valence-corrected chi connectivity index (χ2v) is 6.53. The van der Waals surface area contributed by atoms with Crippen molar-refractivity contribution in [1.82, 2.24) is 14.8 Å². The molecule has 0 radical (unpaired) electrons. The molecule has 1 aliphatic heterocycles. The third kappa shape index (κ3) is 5.02. The first-order valence-electron chi connectivity index (χ1n) is 9.09. The molecule has 2 aromatic rings.